The fourth-order valence-corrected chi connectivity index (χ4v) is 3.61. The Morgan fingerprint density at radius 1 is 1.17 bits per heavy atom. The summed E-state index contributed by atoms with van der Waals surface area (Å²) < 4.78 is 38.5. The van der Waals surface area contributed by atoms with Gasteiger partial charge in [0.15, 0.2) is 5.78 Å². The number of fused-ring (bicyclic) bond motifs is 1. The van der Waals surface area contributed by atoms with E-state index in [4.69, 9.17) is 16.6 Å². The SMILES string of the molecule is O=C(/C=C/c1cnc(Cl)c(C(F)(F)F)c1)CCCCc1ccc2c(n1)CCCC2. The number of ketones is 1. The van der Waals surface area contributed by atoms with Gasteiger partial charge in [-0.15, -0.1) is 0 Å². The molecule has 1 aliphatic rings. The Labute approximate surface area is 173 Å². The van der Waals surface area contributed by atoms with Crippen LogP contribution in [0.1, 0.15) is 60.2 Å². The van der Waals surface area contributed by atoms with Crippen molar-refractivity contribution in [1.29, 1.82) is 0 Å². The average molecular weight is 423 g/mol. The Kier molecular flexibility index (Phi) is 7.06. The van der Waals surface area contributed by atoms with Crippen molar-refractivity contribution in [2.24, 2.45) is 0 Å². The molecule has 0 aromatic carbocycles. The zero-order valence-corrected chi connectivity index (χ0v) is 16.7. The van der Waals surface area contributed by atoms with E-state index >= 15 is 0 Å². The van der Waals surface area contributed by atoms with Gasteiger partial charge in [-0.3, -0.25) is 9.78 Å². The third-order valence-corrected chi connectivity index (χ3v) is 5.27. The first-order valence-electron chi connectivity index (χ1n) is 9.74. The highest BCUT2D eigenvalue weighted by Gasteiger charge is 2.34. The van der Waals surface area contributed by atoms with Crippen LogP contribution in [-0.4, -0.2) is 15.8 Å². The van der Waals surface area contributed by atoms with E-state index in [1.54, 1.807) is 0 Å². The zero-order chi connectivity index (χ0) is 20.9. The van der Waals surface area contributed by atoms with Crippen LogP contribution in [-0.2, 0) is 30.2 Å². The largest absolute Gasteiger partial charge is 0.419 e. The van der Waals surface area contributed by atoms with Gasteiger partial charge in [0.25, 0.3) is 0 Å². The van der Waals surface area contributed by atoms with Crippen molar-refractivity contribution in [2.45, 2.75) is 57.5 Å². The Hall–Kier alpha value is -2.21. The quantitative estimate of drug-likeness (QED) is 0.311. The molecule has 7 heteroatoms. The average Bonchev–Trinajstić information content (AvgIpc) is 2.69. The fourth-order valence-electron chi connectivity index (χ4n) is 3.40. The van der Waals surface area contributed by atoms with Crippen LogP contribution in [0, 0.1) is 0 Å². The van der Waals surface area contributed by atoms with Gasteiger partial charge in [-0.25, -0.2) is 4.98 Å². The maximum atomic E-state index is 12.8. The lowest BCUT2D eigenvalue weighted by atomic mass is 9.95. The third-order valence-electron chi connectivity index (χ3n) is 4.97. The van der Waals surface area contributed by atoms with Crippen molar-refractivity contribution >= 4 is 23.5 Å². The van der Waals surface area contributed by atoms with E-state index in [-0.39, 0.29) is 11.3 Å². The Bertz CT molecular complexity index is 909. The molecule has 0 amide bonds. The smallest absolute Gasteiger partial charge is 0.295 e. The van der Waals surface area contributed by atoms with Gasteiger partial charge in [-0.2, -0.15) is 13.2 Å². The van der Waals surface area contributed by atoms with Gasteiger partial charge < -0.3 is 0 Å². The molecule has 154 valence electrons. The second-order valence-electron chi connectivity index (χ2n) is 7.23. The van der Waals surface area contributed by atoms with Crippen LogP contribution in [0.5, 0.6) is 0 Å². The van der Waals surface area contributed by atoms with Crippen molar-refractivity contribution in [3.05, 3.63) is 63.7 Å². The minimum absolute atomic E-state index is 0.132. The summed E-state index contributed by atoms with van der Waals surface area (Å²) in [5, 5.41) is -0.600. The molecule has 3 nitrogen and oxygen atoms in total. The van der Waals surface area contributed by atoms with Crippen molar-refractivity contribution in [2.75, 3.05) is 0 Å². The van der Waals surface area contributed by atoms with Crippen molar-refractivity contribution in [3.8, 4) is 0 Å². The van der Waals surface area contributed by atoms with E-state index in [0.717, 1.165) is 37.4 Å². The van der Waals surface area contributed by atoms with Gasteiger partial charge in [0.1, 0.15) is 5.15 Å². The summed E-state index contributed by atoms with van der Waals surface area (Å²) in [6.07, 6.45) is 6.54. The lowest BCUT2D eigenvalue weighted by Crippen LogP contribution is -2.07. The standard InChI is InChI=1S/C22H22ClF3N2O/c23-21-19(22(24,25)26)13-15(14-27-21)9-12-18(29)7-3-2-6-17-11-10-16-5-1-4-8-20(16)28-17/h9-14H,1-8H2/b12-9+. The highest BCUT2D eigenvalue weighted by Crippen LogP contribution is 2.34. The van der Waals surface area contributed by atoms with Crippen LogP contribution in [0.4, 0.5) is 13.2 Å². The molecule has 0 N–H and O–H groups in total. The Morgan fingerprint density at radius 3 is 2.76 bits per heavy atom. The van der Waals surface area contributed by atoms with E-state index in [2.05, 4.69) is 17.1 Å². The number of hydrogen-bond donors (Lipinski definition) is 0. The number of alkyl halides is 3. The molecule has 29 heavy (non-hydrogen) atoms. The summed E-state index contributed by atoms with van der Waals surface area (Å²) in [6, 6.07) is 5.12. The first-order valence-corrected chi connectivity index (χ1v) is 10.1. The fraction of sp³-hybridized carbons (Fsp3) is 0.409. The molecule has 0 atom stereocenters. The summed E-state index contributed by atoms with van der Waals surface area (Å²) in [7, 11) is 0. The summed E-state index contributed by atoms with van der Waals surface area (Å²) in [6.45, 7) is 0. The topological polar surface area (TPSA) is 42.9 Å². The van der Waals surface area contributed by atoms with Crippen LogP contribution < -0.4 is 0 Å². The van der Waals surface area contributed by atoms with Gasteiger partial charge >= 0.3 is 6.18 Å². The highest BCUT2D eigenvalue weighted by molar-refractivity contribution is 6.30. The summed E-state index contributed by atoms with van der Waals surface area (Å²) >= 11 is 5.49. The Balaban J connectivity index is 1.47. The summed E-state index contributed by atoms with van der Waals surface area (Å²) in [5.74, 6) is -0.132. The molecule has 0 aliphatic heterocycles. The van der Waals surface area contributed by atoms with E-state index in [9.17, 15) is 18.0 Å². The number of carbonyl (C=O) groups is 1. The molecule has 2 heterocycles. The predicted molar refractivity (Wildman–Crippen MR) is 107 cm³/mol. The van der Waals surface area contributed by atoms with Crippen molar-refractivity contribution < 1.29 is 18.0 Å². The van der Waals surface area contributed by atoms with Gasteiger partial charge in [0.2, 0.25) is 0 Å². The lowest BCUT2D eigenvalue weighted by molar-refractivity contribution is -0.137. The van der Waals surface area contributed by atoms with Gasteiger partial charge in [0.05, 0.1) is 5.56 Å². The number of pyridine rings is 2. The molecule has 0 radical (unpaired) electrons. The van der Waals surface area contributed by atoms with Crippen LogP contribution in [0.15, 0.2) is 30.5 Å². The number of rotatable bonds is 7. The molecular weight excluding hydrogens is 401 g/mol. The third kappa shape index (κ3) is 6.13. The molecule has 0 spiro atoms. The minimum atomic E-state index is -4.58. The number of carbonyl (C=O) groups excluding carboxylic acids is 1. The molecule has 2 aromatic heterocycles. The predicted octanol–water partition coefficient (Wildman–Crippen LogP) is 6.02. The van der Waals surface area contributed by atoms with Crippen LogP contribution >= 0.6 is 11.6 Å². The lowest BCUT2D eigenvalue weighted by Gasteiger charge is -2.15. The number of nitrogens with zero attached hydrogens (tertiary/aromatic N) is 2. The second kappa shape index (κ2) is 9.53. The summed E-state index contributed by atoms with van der Waals surface area (Å²) in [5.41, 5.74) is 2.80. The minimum Gasteiger partial charge on any atom is -0.295 e. The molecule has 0 saturated heterocycles. The highest BCUT2D eigenvalue weighted by atomic mass is 35.5. The molecular formula is C22H22ClF3N2O. The van der Waals surface area contributed by atoms with E-state index < -0.39 is 16.9 Å². The number of hydrogen-bond acceptors (Lipinski definition) is 3. The monoisotopic (exact) mass is 422 g/mol. The number of allylic oxidation sites excluding steroid dienone is 1. The van der Waals surface area contributed by atoms with Crippen molar-refractivity contribution in [3.63, 3.8) is 0 Å². The maximum absolute atomic E-state index is 12.8. The molecule has 0 bridgehead atoms. The van der Waals surface area contributed by atoms with Crippen LogP contribution in [0.25, 0.3) is 6.08 Å². The first kappa shape index (κ1) is 21.5. The van der Waals surface area contributed by atoms with Crippen LogP contribution in [0.2, 0.25) is 5.15 Å². The molecule has 0 unspecified atom stereocenters. The molecule has 2 aromatic rings. The van der Waals surface area contributed by atoms with Gasteiger partial charge in [0, 0.05) is 24.0 Å². The van der Waals surface area contributed by atoms with E-state index in [1.165, 1.54) is 42.4 Å². The Morgan fingerprint density at radius 2 is 1.97 bits per heavy atom. The number of aromatic nitrogens is 2. The normalized spacial score (nSPS) is 14.2. The second-order valence-corrected chi connectivity index (χ2v) is 7.59. The van der Waals surface area contributed by atoms with E-state index in [1.807, 2.05) is 0 Å². The molecule has 0 fully saturated rings. The van der Waals surface area contributed by atoms with Crippen molar-refractivity contribution in [1.82, 2.24) is 9.97 Å². The number of unbranched alkanes of at least 4 members (excludes halogenated alkanes) is 1. The first-order chi connectivity index (χ1) is 13.8. The van der Waals surface area contributed by atoms with Crippen LogP contribution in [0.3, 0.4) is 0 Å². The van der Waals surface area contributed by atoms with Gasteiger partial charge in [-0.05, 0) is 80.4 Å². The summed E-state index contributed by atoms with van der Waals surface area (Å²) in [4.78, 5) is 20.3. The molecule has 0 saturated carbocycles. The maximum Gasteiger partial charge on any atom is 0.419 e. The number of aryl methyl sites for hydroxylation is 3. The molecule has 3 rings (SSSR count). The number of halogens is 4. The zero-order valence-electron chi connectivity index (χ0n) is 15.9. The van der Waals surface area contributed by atoms with E-state index in [0.29, 0.717) is 12.8 Å². The molecule has 1 aliphatic carbocycles. The van der Waals surface area contributed by atoms with Gasteiger partial charge in [-0.1, -0.05) is 17.7 Å².